The molecule has 4 N–H and O–H groups in total. The molecule has 0 heterocycles. The monoisotopic (exact) mass is 258 g/mol. The summed E-state index contributed by atoms with van der Waals surface area (Å²) in [4.78, 5) is 11.5. The van der Waals surface area contributed by atoms with E-state index in [1.54, 1.807) is 14.0 Å². The molecule has 0 aliphatic heterocycles. The Morgan fingerprint density at radius 3 is 2.50 bits per heavy atom. The van der Waals surface area contributed by atoms with Gasteiger partial charge >= 0.3 is 0 Å². The first-order valence-electron chi connectivity index (χ1n) is 5.38. The number of aryl methyl sites for hydroxylation is 1. The summed E-state index contributed by atoms with van der Waals surface area (Å²) in [6.07, 6.45) is 0. The highest BCUT2D eigenvalue weighted by molar-refractivity contribution is 5.94. The van der Waals surface area contributed by atoms with Gasteiger partial charge in [-0.05, 0) is 37.7 Å². The number of aliphatic hydroxyl groups excluding tert-OH is 2. The summed E-state index contributed by atoms with van der Waals surface area (Å²) in [6.45, 7) is 1.33. The van der Waals surface area contributed by atoms with E-state index in [0.717, 1.165) is 7.11 Å². The average molecular weight is 258 g/mol. The number of carbonyl (C=O) groups excluding carboxylic acids is 1. The molecule has 0 radical (unpaired) electrons. The average Bonchev–Trinajstić information content (AvgIpc) is 2.38. The molecule has 0 aromatic heterocycles. The fraction of sp³-hybridized carbons (Fsp3) is 0.417. The van der Waals surface area contributed by atoms with Crippen molar-refractivity contribution in [2.75, 3.05) is 26.1 Å². The molecule has 6 heteroatoms. The molecule has 0 saturated heterocycles. The minimum atomic E-state index is -0.662. The van der Waals surface area contributed by atoms with Crippen molar-refractivity contribution in [2.45, 2.75) is 13.0 Å². The first-order valence-corrected chi connectivity index (χ1v) is 5.38. The SMILES string of the molecule is CNC(CO)C(=O)Nc1ccc(F)c(C)c1.CO. The summed E-state index contributed by atoms with van der Waals surface area (Å²) in [5.41, 5.74) is 0.973. The van der Waals surface area contributed by atoms with E-state index < -0.39 is 6.04 Å². The van der Waals surface area contributed by atoms with Gasteiger partial charge in [-0.15, -0.1) is 0 Å². The van der Waals surface area contributed by atoms with Crippen LogP contribution in [0.3, 0.4) is 0 Å². The molecule has 0 fully saturated rings. The van der Waals surface area contributed by atoms with Gasteiger partial charge < -0.3 is 20.8 Å². The largest absolute Gasteiger partial charge is 0.400 e. The Kier molecular flexibility index (Phi) is 7.86. The summed E-state index contributed by atoms with van der Waals surface area (Å²) in [7, 11) is 2.58. The molecule has 0 saturated carbocycles. The normalized spacial score (nSPS) is 11.2. The minimum Gasteiger partial charge on any atom is -0.400 e. The Morgan fingerprint density at radius 2 is 2.06 bits per heavy atom. The van der Waals surface area contributed by atoms with Crippen LogP contribution < -0.4 is 10.6 Å². The molecule has 1 rings (SSSR count). The van der Waals surface area contributed by atoms with Crippen LogP contribution in [0.5, 0.6) is 0 Å². The lowest BCUT2D eigenvalue weighted by Gasteiger charge is -2.13. The smallest absolute Gasteiger partial charge is 0.243 e. The van der Waals surface area contributed by atoms with Crippen LogP contribution in [0, 0.1) is 12.7 Å². The van der Waals surface area contributed by atoms with E-state index in [9.17, 15) is 9.18 Å². The van der Waals surface area contributed by atoms with Crippen LogP contribution >= 0.6 is 0 Å². The van der Waals surface area contributed by atoms with E-state index in [2.05, 4.69) is 10.6 Å². The fourth-order valence-electron chi connectivity index (χ4n) is 1.26. The number of nitrogens with one attached hydrogen (secondary N) is 2. The second-order valence-corrected chi connectivity index (χ2v) is 3.48. The highest BCUT2D eigenvalue weighted by Crippen LogP contribution is 2.13. The zero-order chi connectivity index (χ0) is 14.1. The van der Waals surface area contributed by atoms with Crippen molar-refractivity contribution in [3.63, 3.8) is 0 Å². The van der Waals surface area contributed by atoms with Crippen LogP contribution in [-0.4, -0.2) is 42.9 Å². The summed E-state index contributed by atoms with van der Waals surface area (Å²) in [6, 6.07) is 3.64. The van der Waals surface area contributed by atoms with Crippen LogP contribution in [0.15, 0.2) is 18.2 Å². The first kappa shape index (κ1) is 16.5. The van der Waals surface area contributed by atoms with Crippen LogP contribution in [0.25, 0.3) is 0 Å². The molecule has 0 aliphatic rings. The van der Waals surface area contributed by atoms with Gasteiger partial charge in [-0.2, -0.15) is 0 Å². The lowest BCUT2D eigenvalue weighted by Crippen LogP contribution is -2.41. The molecule has 1 unspecified atom stereocenters. The van der Waals surface area contributed by atoms with Gasteiger partial charge in [-0.1, -0.05) is 0 Å². The number of carbonyl (C=O) groups is 1. The maximum absolute atomic E-state index is 13.0. The van der Waals surface area contributed by atoms with Gasteiger partial charge in [0.15, 0.2) is 0 Å². The number of hydrogen-bond donors (Lipinski definition) is 4. The lowest BCUT2D eigenvalue weighted by molar-refractivity contribution is -0.118. The van der Waals surface area contributed by atoms with Gasteiger partial charge in [0.05, 0.1) is 6.61 Å². The number of halogens is 1. The standard InChI is InChI=1S/C11H15FN2O2.CH4O/c1-7-5-8(3-4-9(7)12)14-11(16)10(6-15)13-2;1-2/h3-5,10,13,15H,6H2,1-2H3,(H,14,16);2H,1H3. The van der Waals surface area contributed by atoms with Crippen molar-refractivity contribution in [3.05, 3.63) is 29.6 Å². The highest BCUT2D eigenvalue weighted by atomic mass is 19.1. The van der Waals surface area contributed by atoms with Crippen molar-refractivity contribution in [3.8, 4) is 0 Å². The number of amides is 1. The zero-order valence-corrected chi connectivity index (χ0v) is 10.7. The van der Waals surface area contributed by atoms with E-state index >= 15 is 0 Å². The van der Waals surface area contributed by atoms with Gasteiger partial charge in [-0.3, -0.25) is 4.79 Å². The van der Waals surface area contributed by atoms with E-state index in [-0.39, 0.29) is 18.3 Å². The second kappa shape index (κ2) is 8.57. The number of benzene rings is 1. The van der Waals surface area contributed by atoms with Gasteiger partial charge in [0.25, 0.3) is 0 Å². The molecule has 102 valence electrons. The van der Waals surface area contributed by atoms with Crippen molar-refractivity contribution in [1.82, 2.24) is 5.32 Å². The van der Waals surface area contributed by atoms with Crippen molar-refractivity contribution in [2.24, 2.45) is 0 Å². The summed E-state index contributed by atoms with van der Waals surface area (Å²) in [5.74, 6) is -0.665. The molecule has 0 bridgehead atoms. The Morgan fingerprint density at radius 1 is 1.44 bits per heavy atom. The van der Waals surface area contributed by atoms with Gasteiger partial charge in [-0.25, -0.2) is 4.39 Å². The number of hydrogen-bond acceptors (Lipinski definition) is 4. The maximum Gasteiger partial charge on any atom is 0.243 e. The molecule has 5 nitrogen and oxygen atoms in total. The van der Waals surface area contributed by atoms with Gasteiger partial charge in [0.1, 0.15) is 11.9 Å². The zero-order valence-electron chi connectivity index (χ0n) is 10.7. The Balaban J connectivity index is 0.00000137. The molecule has 1 aromatic carbocycles. The number of likely N-dealkylation sites (N-methyl/N-ethyl adjacent to an activating group) is 1. The number of anilines is 1. The van der Waals surface area contributed by atoms with Crippen molar-refractivity contribution < 1.29 is 19.4 Å². The van der Waals surface area contributed by atoms with E-state index in [1.807, 2.05) is 0 Å². The molecular formula is C12H19FN2O3. The first-order chi connectivity index (χ1) is 8.58. The molecular weight excluding hydrogens is 239 g/mol. The predicted octanol–water partition coefficient (Wildman–Crippen LogP) is 0.261. The third-order valence-electron chi connectivity index (χ3n) is 2.27. The lowest BCUT2D eigenvalue weighted by atomic mass is 10.2. The third kappa shape index (κ3) is 4.79. The number of rotatable bonds is 4. The predicted molar refractivity (Wildman–Crippen MR) is 67.8 cm³/mol. The third-order valence-corrected chi connectivity index (χ3v) is 2.27. The highest BCUT2D eigenvalue weighted by Gasteiger charge is 2.15. The van der Waals surface area contributed by atoms with Crippen molar-refractivity contribution >= 4 is 11.6 Å². The molecule has 0 spiro atoms. The van der Waals surface area contributed by atoms with Crippen LogP contribution in [-0.2, 0) is 4.79 Å². The van der Waals surface area contributed by atoms with Gasteiger partial charge in [0, 0.05) is 12.8 Å². The second-order valence-electron chi connectivity index (χ2n) is 3.48. The molecule has 1 atom stereocenters. The Bertz CT molecular complexity index is 382. The van der Waals surface area contributed by atoms with Crippen LogP contribution in [0.1, 0.15) is 5.56 Å². The Hall–Kier alpha value is -1.50. The fourth-order valence-corrected chi connectivity index (χ4v) is 1.26. The maximum atomic E-state index is 13.0. The molecule has 0 aliphatic carbocycles. The molecule has 1 aromatic rings. The van der Waals surface area contributed by atoms with E-state index in [4.69, 9.17) is 10.2 Å². The Labute approximate surface area is 106 Å². The van der Waals surface area contributed by atoms with E-state index in [1.165, 1.54) is 18.2 Å². The topological polar surface area (TPSA) is 81.6 Å². The summed E-state index contributed by atoms with van der Waals surface area (Å²) < 4.78 is 13.0. The minimum absolute atomic E-state index is 0.289. The van der Waals surface area contributed by atoms with Crippen LogP contribution in [0.4, 0.5) is 10.1 Å². The molecule has 18 heavy (non-hydrogen) atoms. The van der Waals surface area contributed by atoms with E-state index in [0.29, 0.717) is 11.3 Å². The van der Waals surface area contributed by atoms with Crippen molar-refractivity contribution in [1.29, 1.82) is 0 Å². The summed E-state index contributed by atoms with van der Waals surface area (Å²) in [5, 5.41) is 21.1. The van der Waals surface area contributed by atoms with Gasteiger partial charge in [0.2, 0.25) is 5.91 Å². The van der Waals surface area contributed by atoms with Crippen LogP contribution in [0.2, 0.25) is 0 Å². The quantitative estimate of drug-likeness (QED) is 0.624. The number of aliphatic hydroxyl groups is 2. The molecule has 1 amide bonds. The summed E-state index contributed by atoms with van der Waals surface area (Å²) >= 11 is 0.